The Morgan fingerprint density at radius 2 is 1.78 bits per heavy atom. The number of ketones is 1. The number of fused-ring (bicyclic) bond motifs is 1. The number of halogens is 1. The van der Waals surface area contributed by atoms with Gasteiger partial charge >= 0.3 is 0 Å². The molecular formula is C27H30ClN5O4. The van der Waals surface area contributed by atoms with E-state index in [-0.39, 0.29) is 23.3 Å². The number of carbonyl (C=O) groups is 3. The first-order valence-corrected chi connectivity index (χ1v) is 12.7. The highest BCUT2D eigenvalue weighted by Crippen LogP contribution is 2.30. The summed E-state index contributed by atoms with van der Waals surface area (Å²) in [4.78, 5) is 40.4. The number of alkyl halides is 1. The predicted molar refractivity (Wildman–Crippen MR) is 143 cm³/mol. The van der Waals surface area contributed by atoms with E-state index in [0.717, 1.165) is 12.8 Å². The van der Waals surface area contributed by atoms with Crippen LogP contribution < -0.4 is 20.7 Å². The van der Waals surface area contributed by atoms with Crippen LogP contribution in [0.5, 0.6) is 5.75 Å². The predicted octanol–water partition coefficient (Wildman–Crippen LogP) is 3.96. The monoisotopic (exact) mass is 523 g/mol. The van der Waals surface area contributed by atoms with E-state index < -0.39 is 6.04 Å². The quantitative estimate of drug-likeness (QED) is 0.236. The van der Waals surface area contributed by atoms with Crippen LogP contribution in [0.2, 0.25) is 0 Å². The van der Waals surface area contributed by atoms with Crippen molar-refractivity contribution in [1.82, 2.24) is 9.78 Å². The van der Waals surface area contributed by atoms with Gasteiger partial charge in [-0.3, -0.25) is 14.4 Å². The Balaban J connectivity index is 1.63. The van der Waals surface area contributed by atoms with E-state index in [1.54, 1.807) is 67.5 Å². The van der Waals surface area contributed by atoms with Gasteiger partial charge in [-0.2, -0.15) is 5.10 Å². The molecule has 2 aromatic carbocycles. The smallest absolute Gasteiger partial charge is 0.277 e. The number of nitrogens with zero attached hydrogens (tertiary/aromatic N) is 3. The van der Waals surface area contributed by atoms with Gasteiger partial charge in [-0.15, -0.1) is 11.6 Å². The number of hydrogen-bond acceptors (Lipinski definition) is 6. The van der Waals surface area contributed by atoms with Crippen LogP contribution in [0, 0.1) is 0 Å². The second-order valence-corrected chi connectivity index (χ2v) is 9.26. The molecule has 0 fully saturated rings. The zero-order chi connectivity index (χ0) is 26.5. The summed E-state index contributed by atoms with van der Waals surface area (Å²) in [5.74, 6) is 0.537. The topological polar surface area (TPSA) is 120 Å². The number of hydrogen-bond donors (Lipinski definition) is 2. The van der Waals surface area contributed by atoms with Gasteiger partial charge in [-0.05, 0) is 74.7 Å². The molecule has 0 unspecified atom stereocenters. The van der Waals surface area contributed by atoms with Crippen molar-refractivity contribution in [2.24, 2.45) is 5.73 Å². The van der Waals surface area contributed by atoms with Crippen molar-refractivity contribution in [3.05, 3.63) is 65.5 Å². The zero-order valence-corrected chi connectivity index (χ0v) is 21.6. The van der Waals surface area contributed by atoms with Crippen molar-refractivity contribution in [3.63, 3.8) is 0 Å². The number of ether oxygens (including phenoxy) is 1. The van der Waals surface area contributed by atoms with Crippen LogP contribution in [0.25, 0.3) is 5.69 Å². The van der Waals surface area contributed by atoms with Gasteiger partial charge in [0.2, 0.25) is 5.91 Å². The first kappa shape index (κ1) is 26.4. The third-order valence-corrected chi connectivity index (χ3v) is 6.50. The highest BCUT2D eigenvalue weighted by atomic mass is 35.5. The highest BCUT2D eigenvalue weighted by molar-refractivity contribution is 6.17. The number of unbranched alkanes of at least 4 members (excludes halogenated alkanes) is 1. The van der Waals surface area contributed by atoms with E-state index in [9.17, 15) is 14.4 Å². The summed E-state index contributed by atoms with van der Waals surface area (Å²) in [5.41, 5.74) is 8.98. The minimum absolute atomic E-state index is 0.0775. The number of rotatable bonds is 10. The van der Waals surface area contributed by atoms with Crippen LogP contribution >= 0.6 is 11.6 Å². The first-order chi connectivity index (χ1) is 17.8. The fraction of sp³-hybridized carbons (Fsp3) is 0.333. The number of Topliss-reactive ketones (excluding diaryl/α,β-unsaturated/α-hetero) is 1. The third-order valence-electron chi connectivity index (χ3n) is 6.23. The average molecular weight is 524 g/mol. The van der Waals surface area contributed by atoms with Gasteiger partial charge in [0.05, 0.1) is 18.8 Å². The highest BCUT2D eigenvalue weighted by Gasteiger charge is 2.35. The molecular weight excluding hydrogens is 494 g/mol. The van der Waals surface area contributed by atoms with Crippen LogP contribution in [-0.2, 0) is 11.2 Å². The summed E-state index contributed by atoms with van der Waals surface area (Å²) in [5, 5.41) is 7.40. The molecule has 0 spiro atoms. The maximum Gasteiger partial charge on any atom is 0.277 e. The lowest BCUT2D eigenvalue weighted by molar-refractivity contribution is -0.116. The summed E-state index contributed by atoms with van der Waals surface area (Å²) < 4.78 is 6.75. The number of benzene rings is 2. The Bertz CT molecular complexity index is 1290. The molecule has 1 atom stereocenters. The van der Waals surface area contributed by atoms with E-state index in [0.29, 0.717) is 59.3 Å². The van der Waals surface area contributed by atoms with E-state index in [4.69, 9.17) is 22.1 Å². The second-order valence-electron chi connectivity index (χ2n) is 8.89. The summed E-state index contributed by atoms with van der Waals surface area (Å²) in [6.45, 7) is 1.99. The SMILES string of the molecule is COc1ccc(-n2nc(C(=O)[C@@H](C)N)c3c2C(=O)N(c2ccc(NC(=O)CCCCCl)cc2)CC3)cc1. The van der Waals surface area contributed by atoms with Gasteiger partial charge in [-0.1, -0.05) is 0 Å². The average Bonchev–Trinajstić information content (AvgIpc) is 3.29. The van der Waals surface area contributed by atoms with E-state index in [1.807, 2.05) is 0 Å². The number of methoxy groups -OCH3 is 1. The molecule has 2 heterocycles. The fourth-order valence-electron chi connectivity index (χ4n) is 4.26. The molecule has 1 aliphatic rings. The normalized spacial score (nSPS) is 13.7. The molecule has 1 aliphatic heterocycles. The van der Waals surface area contributed by atoms with Crippen LogP contribution in [0.15, 0.2) is 48.5 Å². The Kier molecular flexibility index (Phi) is 8.25. The number of carbonyl (C=O) groups excluding carboxylic acids is 3. The lowest BCUT2D eigenvalue weighted by Gasteiger charge is -2.28. The largest absolute Gasteiger partial charge is 0.497 e. The molecule has 4 rings (SSSR count). The number of aromatic nitrogens is 2. The van der Waals surface area contributed by atoms with Crippen molar-refractivity contribution < 1.29 is 19.1 Å². The van der Waals surface area contributed by atoms with Crippen molar-refractivity contribution in [3.8, 4) is 11.4 Å². The van der Waals surface area contributed by atoms with Crippen LogP contribution in [-0.4, -0.2) is 53.0 Å². The van der Waals surface area contributed by atoms with Crippen molar-refractivity contribution in [2.45, 2.75) is 38.6 Å². The molecule has 9 nitrogen and oxygen atoms in total. The van der Waals surface area contributed by atoms with Crippen molar-refractivity contribution >= 4 is 40.6 Å². The van der Waals surface area contributed by atoms with E-state index in [1.165, 1.54) is 4.68 Å². The molecule has 0 saturated heterocycles. The third kappa shape index (κ3) is 5.68. The molecule has 2 amide bonds. The number of amides is 2. The zero-order valence-electron chi connectivity index (χ0n) is 20.9. The molecule has 10 heteroatoms. The summed E-state index contributed by atoms with van der Waals surface area (Å²) in [6.07, 6.45) is 2.37. The lowest BCUT2D eigenvalue weighted by Crippen LogP contribution is -2.39. The maximum atomic E-state index is 13.8. The summed E-state index contributed by atoms with van der Waals surface area (Å²) in [6, 6.07) is 13.5. The van der Waals surface area contributed by atoms with Gasteiger partial charge < -0.3 is 20.7 Å². The minimum atomic E-state index is -0.742. The van der Waals surface area contributed by atoms with Gasteiger partial charge in [-0.25, -0.2) is 4.68 Å². The Morgan fingerprint density at radius 3 is 2.41 bits per heavy atom. The van der Waals surface area contributed by atoms with Crippen LogP contribution in [0.3, 0.4) is 0 Å². The molecule has 194 valence electrons. The molecule has 0 radical (unpaired) electrons. The van der Waals surface area contributed by atoms with E-state index in [2.05, 4.69) is 10.4 Å². The van der Waals surface area contributed by atoms with Gasteiger partial charge in [0, 0.05) is 35.8 Å². The van der Waals surface area contributed by atoms with Gasteiger partial charge in [0.15, 0.2) is 5.78 Å². The molecule has 0 aliphatic carbocycles. The van der Waals surface area contributed by atoms with Gasteiger partial charge in [0.25, 0.3) is 5.91 Å². The fourth-order valence-corrected chi connectivity index (χ4v) is 4.45. The van der Waals surface area contributed by atoms with E-state index >= 15 is 0 Å². The number of anilines is 2. The lowest BCUT2D eigenvalue weighted by atomic mass is 9.99. The molecule has 0 bridgehead atoms. The Labute approximate surface area is 220 Å². The van der Waals surface area contributed by atoms with Crippen molar-refractivity contribution in [2.75, 3.05) is 29.8 Å². The Hall–Kier alpha value is -3.69. The first-order valence-electron chi connectivity index (χ1n) is 12.2. The number of nitrogens with one attached hydrogen (secondary N) is 1. The van der Waals surface area contributed by atoms with Crippen LogP contribution in [0.1, 0.15) is 52.7 Å². The van der Waals surface area contributed by atoms with Gasteiger partial charge in [0.1, 0.15) is 17.1 Å². The summed E-state index contributed by atoms with van der Waals surface area (Å²) >= 11 is 5.67. The molecule has 3 aromatic rings. The molecule has 1 aromatic heterocycles. The summed E-state index contributed by atoms with van der Waals surface area (Å²) in [7, 11) is 1.57. The molecule has 37 heavy (non-hydrogen) atoms. The molecule has 3 N–H and O–H groups in total. The number of nitrogens with two attached hydrogens (primary N) is 1. The van der Waals surface area contributed by atoms with Crippen LogP contribution in [0.4, 0.5) is 11.4 Å². The maximum absolute atomic E-state index is 13.8. The second kappa shape index (κ2) is 11.6. The standard InChI is InChI=1S/C27H30ClN5O4/c1-17(29)26(35)24-22-14-16-32(19-8-6-18(7-9-19)30-23(34)5-3-4-15-28)27(36)25(22)33(31-24)20-10-12-21(37-2)13-11-20/h6-13,17H,3-5,14-16,29H2,1-2H3,(H,30,34)/t17-/m1/s1. The Morgan fingerprint density at radius 1 is 1.11 bits per heavy atom. The molecule has 0 saturated carbocycles. The minimum Gasteiger partial charge on any atom is -0.497 e. The van der Waals surface area contributed by atoms with Crippen molar-refractivity contribution in [1.29, 1.82) is 0 Å².